The molecule has 0 radical (unpaired) electrons. The van der Waals surface area contributed by atoms with E-state index < -0.39 is 5.41 Å². The predicted molar refractivity (Wildman–Crippen MR) is 129 cm³/mol. The smallest absolute Gasteiger partial charge is 0.267 e. The monoisotopic (exact) mass is 628 g/mol. The maximum atomic E-state index is 7.65. The Labute approximate surface area is 215 Å². The molecule has 0 amide bonds. The number of aromatic nitrogens is 4. The zero-order chi connectivity index (χ0) is 23.6. The summed E-state index contributed by atoms with van der Waals surface area (Å²) in [5, 5.41) is 9.89. The molecule has 0 fully saturated rings. The van der Waals surface area contributed by atoms with E-state index >= 15 is 0 Å². The molecule has 2 aromatic carbocycles. The molecule has 3 heterocycles. The van der Waals surface area contributed by atoms with Crippen LogP contribution in [-0.4, -0.2) is 19.6 Å². The Balaban J connectivity index is 0.00000274. The van der Waals surface area contributed by atoms with Crippen LogP contribution >= 0.6 is 0 Å². The van der Waals surface area contributed by atoms with Gasteiger partial charge in [0.2, 0.25) is 0 Å². The molecule has 4 aromatic rings. The van der Waals surface area contributed by atoms with Gasteiger partial charge < -0.3 is 0 Å². The Bertz CT molecular complexity index is 1410. The van der Waals surface area contributed by atoms with Crippen LogP contribution in [-0.2, 0) is 37.3 Å². The van der Waals surface area contributed by atoms with Crippen molar-refractivity contribution >= 4 is 5.69 Å². The molecule has 2 aromatic heterocycles. The summed E-state index contributed by atoms with van der Waals surface area (Å²) in [6.45, 7) is 20.8. The Kier molecular flexibility index (Phi) is 5.73. The van der Waals surface area contributed by atoms with Gasteiger partial charge in [-0.05, 0) is 23.2 Å². The number of hydrogen-bond donors (Lipinski definition) is 0. The minimum absolute atomic E-state index is 0. The first-order chi connectivity index (χ1) is 15.5. The topological polar surface area (TPSA) is 40.0 Å². The molecule has 0 spiro atoms. The molecule has 0 saturated carbocycles. The van der Waals surface area contributed by atoms with Gasteiger partial charge in [0.25, 0.3) is 0 Å². The van der Waals surface area contributed by atoms with Crippen molar-refractivity contribution in [1.29, 1.82) is 0 Å². The van der Waals surface area contributed by atoms with E-state index in [-0.39, 0.29) is 31.9 Å². The summed E-state index contributed by atoms with van der Waals surface area (Å²) in [6, 6.07) is 21.2. The predicted octanol–water partition coefficient (Wildman–Crippen LogP) is 6.10. The maximum Gasteiger partial charge on any atom is 2.00 e. The molecule has 5 nitrogen and oxygen atoms in total. The molecular formula is C28H27N5Pt. The van der Waals surface area contributed by atoms with Crippen LogP contribution in [0.4, 0.5) is 5.69 Å². The molecule has 1 aliphatic rings. The van der Waals surface area contributed by atoms with Crippen molar-refractivity contribution in [3.8, 4) is 11.4 Å². The second-order valence-electron chi connectivity index (χ2n) is 10.4. The van der Waals surface area contributed by atoms with E-state index in [9.17, 15) is 0 Å². The molecule has 6 heteroatoms. The minimum Gasteiger partial charge on any atom is -0.267 e. The van der Waals surface area contributed by atoms with Crippen molar-refractivity contribution in [2.75, 3.05) is 0 Å². The average molecular weight is 629 g/mol. The Morgan fingerprint density at radius 3 is 2.09 bits per heavy atom. The number of benzene rings is 2. The standard InChI is InChI=1S/C28H27N5.Pt/c1-26(2)20-15-21(29-7)18-23(17-20)33-14-12-25(31-33)28(5,6)27(3,4)19-9-8-10-22(16-19)32-13-11-24(26)30-32;/h8-15,18H,1-6H3;/q-2;+2. The first-order valence-corrected chi connectivity index (χ1v) is 11.2. The Morgan fingerprint density at radius 2 is 1.38 bits per heavy atom. The van der Waals surface area contributed by atoms with Crippen LogP contribution in [0.2, 0.25) is 0 Å². The van der Waals surface area contributed by atoms with Crippen LogP contribution in [0.5, 0.6) is 0 Å². The van der Waals surface area contributed by atoms with Crippen LogP contribution in [0.15, 0.2) is 54.9 Å². The van der Waals surface area contributed by atoms with Gasteiger partial charge in [0.1, 0.15) is 0 Å². The third-order valence-electron chi connectivity index (χ3n) is 7.61. The van der Waals surface area contributed by atoms with E-state index in [0.29, 0.717) is 5.69 Å². The van der Waals surface area contributed by atoms with Crippen molar-refractivity contribution in [2.24, 2.45) is 0 Å². The van der Waals surface area contributed by atoms with Gasteiger partial charge in [-0.3, -0.25) is 14.2 Å². The second-order valence-corrected chi connectivity index (χ2v) is 10.4. The van der Waals surface area contributed by atoms with E-state index in [1.807, 2.05) is 46.0 Å². The van der Waals surface area contributed by atoms with Crippen molar-refractivity contribution in [3.63, 3.8) is 0 Å². The van der Waals surface area contributed by atoms with Gasteiger partial charge in [0, 0.05) is 23.2 Å². The molecule has 174 valence electrons. The van der Waals surface area contributed by atoms with Gasteiger partial charge in [-0.2, -0.15) is 51.7 Å². The zero-order valence-electron chi connectivity index (χ0n) is 20.2. The zero-order valence-corrected chi connectivity index (χ0v) is 22.5. The fourth-order valence-electron chi connectivity index (χ4n) is 4.40. The molecule has 34 heavy (non-hydrogen) atoms. The van der Waals surface area contributed by atoms with Crippen molar-refractivity contribution in [1.82, 2.24) is 19.6 Å². The van der Waals surface area contributed by atoms with E-state index in [2.05, 4.69) is 76.7 Å². The van der Waals surface area contributed by atoms with Crippen LogP contribution in [0.25, 0.3) is 16.2 Å². The molecule has 1 aliphatic heterocycles. The van der Waals surface area contributed by atoms with Crippen LogP contribution in [0.3, 0.4) is 0 Å². The summed E-state index contributed by atoms with van der Waals surface area (Å²) in [4.78, 5) is 3.73. The third kappa shape index (κ3) is 3.56. The first kappa shape index (κ1) is 24.2. The molecule has 0 saturated heterocycles. The van der Waals surface area contributed by atoms with Crippen LogP contribution < -0.4 is 0 Å². The van der Waals surface area contributed by atoms with Crippen molar-refractivity contribution in [2.45, 2.75) is 57.8 Å². The van der Waals surface area contributed by atoms with E-state index in [4.69, 9.17) is 16.8 Å². The molecule has 0 N–H and O–H groups in total. The van der Waals surface area contributed by atoms with E-state index in [1.165, 1.54) is 0 Å². The minimum atomic E-state index is -0.451. The quantitative estimate of drug-likeness (QED) is 0.221. The number of rotatable bonds is 0. The fraction of sp³-hybridized carbons (Fsp3) is 0.321. The third-order valence-corrected chi connectivity index (χ3v) is 7.61. The summed E-state index contributed by atoms with van der Waals surface area (Å²) >= 11 is 0. The average Bonchev–Trinajstić information content (AvgIpc) is 3.49. The van der Waals surface area contributed by atoms with Gasteiger partial charge in [0.05, 0.1) is 23.6 Å². The van der Waals surface area contributed by atoms with E-state index in [0.717, 1.165) is 33.9 Å². The van der Waals surface area contributed by atoms with Crippen LogP contribution in [0.1, 0.15) is 64.1 Å². The van der Waals surface area contributed by atoms with Gasteiger partial charge >= 0.3 is 21.1 Å². The maximum absolute atomic E-state index is 7.65. The summed E-state index contributed by atoms with van der Waals surface area (Å²) in [7, 11) is 0. The summed E-state index contributed by atoms with van der Waals surface area (Å²) in [5.41, 5.74) is 5.11. The fourth-order valence-corrected chi connectivity index (χ4v) is 4.40. The SMILES string of the molecule is [C-]#[N+]c1cc2[c-]c(c1)C(C)(C)c1ccn(n1)-c1[c-]c(ccc1)C(C)(C)C(C)(C)c1ccn-2n1.[Pt+2]. The summed E-state index contributed by atoms with van der Waals surface area (Å²) in [6.07, 6.45) is 3.94. The van der Waals surface area contributed by atoms with Crippen molar-refractivity contribution in [3.05, 3.63) is 101 Å². The van der Waals surface area contributed by atoms with Crippen LogP contribution in [0, 0.1) is 18.7 Å². The van der Waals surface area contributed by atoms with Gasteiger partial charge in [-0.25, -0.2) is 0 Å². The largest absolute Gasteiger partial charge is 2.00 e. The van der Waals surface area contributed by atoms with Gasteiger partial charge in [-0.15, -0.1) is 12.1 Å². The Hall–Kier alpha value is -2.96. The molecule has 5 rings (SSSR count). The second kappa shape index (κ2) is 8.07. The molecular weight excluding hydrogens is 601 g/mol. The number of nitrogens with zero attached hydrogens (tertiary/aromatic N) is 5. The number of hydrogen-bond acceptors (Lipinski definition) is 2. The van der Waals surface area contributed by atoms with E-state index in [1.54, 1.807) is 0 Å². The van der Waals surface area contributed by atoms with Gasteiger partial charge in [0.15, 0.2) is 0 Å². The Morgan fingerprint density at radius 1 is 0.765 bits per heavy atom. The molecule has 0 unspecified atom stereocenters. The summed E-state index contributed by atoms with van der Waals surface area (Å²) < 4.78 is 3.72. The molecule has 8 bridgehead atoms. The summed E-state index contributed by atoms with van der Waals surface area (Å²) in [5.74, 6) is 0. The molecule has 0 atom stereocenters. The first-order valence-electron chi connectivity index (χ1n) is 11.2. The van der Waals surface area contributed by atoms with Gasteiger partial charge in [-0.1, -0.05) is 47.2 Å². The van der Waals surface area contributed by atoms with Crippen molar-refractivity contribution < 1.29 is 21.1 Å². The molecule has 0 aliphatic carbocycles. The number of fused-ring (bicyclic) bond motifs is 10. The normalized spacial score (nSPS) is 17.0.